The van der Waals surface area contributed by atoms with Crippen molar-refractivity contribution < 1.29 is 14.2 Å². The van der Waals surface area contributed by atoms with E-state index in [2.05, 4.69) is 36.1 Å². The smallest absolute Gasteiger partial charge is 0.165 e. The summed E-state index contributed by atoms with van der Waals surface area (Å²) in [6.07, 6.45) is 3.65. The first kappa shape index (κ1) is 23.2. The van der Waals surface area contributed by atoms with Gasteiger partial charge in [0.25, 0.3) is 0 Å². The summed E-state index contributed by atoms with van der Waals surface area (Å²) in [4.78, 5) is 2.55. The van der Waals surface area contributed by atoms with Gasteiger partial charge in [-0.25, -0.2) is 0 Å². The molecule has 0 amide bonds. The Morgan fingerprint density at radius 2 is 1.33 bits per heavy atom. The highest BCUT2D eigenvalue weighted by molar-refractivity contribution is 5.46. The van der Waals surface area contributed by atoms with E-state index in [0.717, 1.165) is 41.5 Å². The van der Waals surface area contributed by atoms with Gasteiger partial charge in [-0.15, -0.1) is 0 Å². The van der Waals surface area contributed by atoms with Gasteiger partial charge in [-0.2, -0.15) is 0 Å². The van der Waals surface area contributed by atoms with Crippen LogP contribution in [0.3, 0.4) is 0 Å². The Morgan fingerprint density at radius 3 is 1.97 bits per heavy atom. The Kier molecular flexibility index (Phi) is 8.65. The fourth-order valence-electron chi connectivity index (χ4n) is 4.04. The quantitative estimate of drug-likeness (QED) is 0.322. The lowest BCUT2D eigenvalue weighted by Crippen LogP contribution is -2.34. The second kappa shape index (κ2) is 12.3. The van der Waals surface area contributed by atoms with Crippen molar-refractivity contribution in [3.63, 3.8) is 0 Å². The lowest BCUT2D eigenvalue weighted by molar-refractivity contribution is 0.177. The van der Waals surface area contributed by atoms with E-state index >= 15 is 0 Å². The molecule has 1 aliphatic rings. The zero-order chi connectivity index (χ0) is 22.7. The highest BCUT2D eigenvalue weighted by Crippen LogP contribution is 2.33. The SMILES string of the molecule is CC1CCN(CCCOc2ccc(OCc3ccccc3)c(OCc3ccccc3)c2)CC1. The predicted octanol–water partition coefficient (Wildman–Crippen LogP) is 6.35. The number of ether oxygens (including phenoxy) is 3. The van der Waals surface area contributed by atoms with Gasteiger partial charge in [0.05, 0.1) is 6.61 Å². The van der Waals surface area contributed by atoms with Crippen molar-refractivity contribution in [3.8, 4) is 17.2 Å². The highest BCUT2D eigenvalue weighted by atomic mass is 16.5. The summed E-state index contributed by atoms with van der Waals surface area (Å²) in [5, 5.41) is 0. The van der Waals surface area contributed by atoms with Crippen molar-refractivity contribution >= 4 is 0 Å². The first-order valence-corrected chi connectivity index (χ1v) is 12.1. The number of hydrogen-bond acceptors (Lipinski definition) is 4. The predicted molar refractivity (Wildman–Crippen MR) is 133 cm³/mol. The lowest BCUT2D eigenvalue weighted by atomic mass is 9.99. The Morgan fingerprint density at radius 1 is 0.727 bits per heavy atom. The molecule has 0 bridgehead atoms. The van der Waals surface area contributed by atoms with E-state index in [1.807, 2.05) is 54.6 Å². The third-order valence-electron chi connectivity index (χ3n) is 6.15. The van der Waals surface area contributed by atoms with E-state index < -0.39 is 0 Å². The number of rotatable bonds is 11. The molecule has 0 N–H and O–H groups in total. The third kappa shape index (κ3) is 7.54. The first-order valence-electron chi connectivity index (χ1n) is 12.1. The largest absolute Gasteiger partial charge is 0.493 e. The molecule has 0 atom stereocenters. The van der Waals surface area contributed by atoms with Crippen molar-refractivity contribution in [1.82, 2.24) is 4.90 Å². The molecule has 0 unspecified atom stereocenters. The molecule has 4 rings (SSSR count). The molecule has 0 aliphatic carbocycles. The molecule has 1 fully saturated rings. The zero-order valence-electron chi connectivity index (χ0n) is 19.6. The van der Waals surface area contributed by atoms with Gasteiger partial charge in [-0.3, -0.25) is 0 Å². The zero-order valence-corrected chi connectivity index (χ0v) is 19.6. The van der Waals surface area contributed by atoms with Crippen LogP contribution in [-0.4, -0.2) is 31.1 Å². The summed E-state index contributed by atoms with van der Waals surface area (Å²) in [7, 11) is 0. The average molecular weight is 446 g/mol. The number of benzene rings is 3. The van der Waals surface area contributed by atoms with Gasteiger partial charge in [-0.05, 0) is 61.5 Å². The maximum atomic E-state index is 6.15. The van der Waals surface area contributed by atoms with Crippen molar-refractivity contribution in [2.24, 2.45) is 5.92 Å². The van der Waals surface area contributed by atoms with Crippen molar-refractivity contribution in [2.45, 2.75) is 39.4 Å². The lowest BCUT2D eigenvalue weighted by Gasteiger charge is -2.30. The Bertz CT molecular complexity index is 953. The molecular formula is C29H35NO3. The van der Waals surface area contributed by atoms with Gasteiger partial charge in [0.2, 0.25) is 0 Å². The maximum Gasteiger partial charge on any atom is 0.165 e. The van der Waals surface area contributed by atoms with Gasteiger partial charge in [0, 0.05) is 12.6 Å². The van der Waals surface area contributed by atoms with E-state index in [0.29, 0.717) is 25.6 Å². The molecule has 0 spiro atoms. The molecule has 4 heteroatoms. The van der Waals surface area contributed by atoms with Crippen molar-refractivity contribution in [1.29, 1.82) is 0 Å². The number of nitrogens with zero attached hydrogens (tertiary/aromatic N) is 1. The van der Waals surface area contributed by atoms with Crippen LogP contribution in [0.25, 0.3) is 0 Å². The normalized spacial score (nSPS) is 14.7. The number of piperidine rings is 1. The van der Waals surface area contributed by atoms with Gasteiger partial charge < -0.3 is 19.1 Å². The maximum absolute atomic E-state index is 6.15. The van der Waals surface area contributed by atoms with Gasteiger partial charge in [-0.1, -0.05) is 67.6 Å². The van der Waals surface area contributed by atoms with Crippen molar-refractivity contribution in [2.75, 3.05) is 26.2 Å². The van der Waals surface area contributed by atoms with Crippen LogP contribution in [0.4, 0.5) is 0 Å². The second-order valence-corrected chi connectivity index (χ2v) is 8.88. The molecule has 1 aliphatic heterocycles. The number of hydrogen-bond donors (Lipinski definition) is 0. The van der Waals surface area contributed by atoms with E-state index in [9.17, 15) is 0 Å². The van der Waals surface area contributed by atoms with Crippen molar-refractivity contribution in [3.05, 3.63) is 90.0 Å². The number of likely N-dealkylation sites (tertiary alicyclic amines) is 1. The van der Waals surface area contributed by atoms with Gasteiger partial charge in [0.1, 0.15) is 19.0 Å². The summed E-state index contributed by atoms with van der Waals surface area (Å²) in [6, 6.07) is 26.2. The molecule has 0 saturated carbocycles. The molecule has 174 valence electrons. The van der Waals surface area contributed by atoms with Crippen LogP contribution in [0.5, 0.6) is 17.2 Å². The Labute approximate surface area is 198 Å². The standard InChI is InChI=1S/C29H35NO3/c1-24-15-18-30(19-16-24)17-8-20-31-27-13-14-28(32-22-25-9-4-2-5-10-25)29(21-27)33-23-26-11-6-3-7-12-26/h2-7,9-14,21,24H,8,15-20,22-23H2,1H3. The minimum Gasteiger partial charge on any atom is -0.493 e. The van der Waals surface area contributed by atoms with Crippen LogP contribution in [0, 0.1) is 5.92 Å². The minimum atomic E-state index is 0.485. The molecule has 1 heterocycles. The Hall–Kier alpha value is -2.98. The third-order valence-corrected chi connectivity index (χ3v) is 6.15. The first-order chi connectivity index (χ1) is 16.3. The van der Waals surface area contributed by atoms with Crippen LogP contribution in [0.15, 0.2) is 78.9 Å². The van der Waals surface area contributed by atoms with E-state index in [-0.39, 0.29) is 0 Å². The van der Waals surface area contributed by atoms with E-state index in [4.69, 9.17) is 14.2 Å². The summed E-state index contributed by atoms with van der Waals surface area (Å²) < 4.78 is 18.3. The van der Waals surface area contributed by atoms with Gasteiger partial charge in [0.15, 0.2) is 11.5 Å². The molecular weight excluding hydrogens is 410 g/mol. The molecule has 33 heavy (non-hydrogen) atoms. The summed E-state index contributed by atoms with van der Waals surface area (Å²) in [5.74, 6) is 3.12. The summed E-state index contributed by atoms with van der Waals surface area (Å²) >= 11 is 0. The molecule has 3 aromatic carbocycles. The fraction of sp³-hybridized carbons (Fsp3) is 0.379. The van der Waals surface area contributed by atoms with Crippen LogP contribution in [0.2, 0.25) is 0 Å². The van der Waals surface area contributed by atoms with Gasteiger partial charge >= 0.3 is 0 Å². The monoisotopic (exact) mass is 445 g/mol. The second-order valence-electron chi connectivity index (χ2n) is 8.88. The van der Waals surface area contributed by atoms with Crippen LogP contribution < -0.4 is 14.2 Å². The Balaban J connectivity index is 1.34. The molecule has 3 aromatic rings. The molecule has 1 saturated heterocycles. The summed E-state index contributed by atoms with van der Waals surface area (Å²) in [5.41, 5.74) is 2.24. The topological polar surface area (TPSA) is 30.9 Å². The molecule has 0 aromatic heterocycles. The average Bonchev–Trinajstić information content (AvgIpc) is 2.87. The van der Waals surface area contributed by atoms with Crippen LogP contribution in [0.1, 0.15) is 37.3 Å². The van der Waals surface area contributed by atoms with Crippen LogP contribution in [-0.2, 0) is 13.2 Å². The molecule has 0 radical (unpaired) electrons. The summed E-state index contributed by atoms with van der Waals surface area (Å²) in [6.45, 7) is 7.57. The van der Waals surface area contributed by atoms with E-state index in [1.165, 1.54) is 25.9 Å². The highest BCUT2D eigenvalue weighted by Gasteiger charge is 2.15. The molecule has 4 nitrogen and oxygen atoms in total. The fourth-order valence-corrected chi connectivity index (χ4v) is 4.04. The van der Waals surface area contributed by atoms with E-state index in [1.54, 1.807) is 0 Å². The van der Waals surface area contributed by atoms with Crippen LogP contribution >= 0.6 is 0 Å². The minimum absolute atomic E-state index is 0.485.